The summed E-state index contributed by atoms with van der Waals surface area (Å²) in [6.45, 7) is 4.19. The number of rotatable bonds is 5. The summed E-state index contributed by atoms with van der Waals surface area (Å²) in [6.07, 6.45) is 0. The van der Waals surface area contributed by atoms with E-state index in [1.807, 2.05) is 62.4 Å². The van der Waals surface area contributed by atoms with Gasteiger partial charge in [0.2, 0.25) is 0 Å². The molecule has 1 aromatic heterocycles. The van der Waals surface area contributed by atoms with Gasteiger partial charge in [-0.05, 0) is 38.1 Å². The van der Waals surface area contributed by atoms with Gasteiger partial charge >= 0.3 is 0 Å². The van der Waals surface area contributed by atoms with Crippen LogP contribution in [0.25, 0.3) is 5.69 Å². The van der Waals surface area contributed by atoms with Gasteiger partial charge in [0.15, 0.2) is 0 Å². The van der Waals surface area contributed by atoms with Crippen LogP contribution in [0.4, 0.5) is 0 Å². The quantitative estimate of drug-likeness (QED) is 0.787. The standard InChI is InChI=1S/C18H19N3O2/c1-13-3-7-15(8-4-13)21-18(17(11-22)19-20-21)12-23-16-9-5-14(2)6-10-16/h3-10,22H,11-12H2,1-2H3. The number of aryl methyl sites for hydroxylation is 2. The summed E-state index contributed by atoms with van der Waals surface area (Å²) in [5.41, 5.74) is 4.52. The van der Waals surface area contributed by atoms with Gasteiger partial charge in [-0.3, -0.25) is 0 Å². The molecule has 0 spiro atoms. The first kappa shape index (κ1) is 15.2. The van der Waals surface area contributed by atoms with Crippen LogP contribution >= 0.6 is 0 Å². The van der Waals surface area contributed by atoms with Crippen LogP contribution in [0.3, 0.4) is 0 Å². The van der Waals surface area contributed by atoms with Crippen LogP contribution in [-0.4, -0.2) is 20.1 Å². The maximum atomic E-state index is 9.48. The van der Waals surface area contributed by atoms with E-state index in [-0.39, 0.29) is 6.61 Å². The van der Waals surface area contributed by atoms with Crippen LogP contribution in [0.2, 0.25) is 0 Å². The molecule has 0 fully saturated rings. The lowest BCUT2D eigenvalue weighted by atomic mass is 10.2. The summed E-state index contributed by atoms with van der Waals surface area (Å²) in [7, 11) is 0. The molecule has 0 aliphatic heterocycles. The molecular formula is C18H19N3O2. The van der Waals surface area contributed by atoms with Crippen molar-refractivity contribution in [1.29, 1.82) is 0 Å². The fourth-order valence-electron chi connectivity index (χ4n) is 2.28. The van der Waals surface area contributed by atoms with Crippen LogP contribution in [0, 0.1) is 13.8 Å². The third kappa shape index (κ3) is 3.40. The van der Waals surface area contributed by atoms with E-state index in [1.54, 1.807) is 4.68 Å². The van der Waals surface area contributed by atoms with Crippen LogP contribution < -0.4 is 4.74 Å². The summed E-state index contributed by atoms with van der Waals surface area (Å²) in [5, 5.41) is 17.7. The zero-order valence-electron chi connectivity index (χ0n) is 13.2. The summed E-state index contributed by atoms with van der Waals surface area (Å²) in [6, 6.07) is 15.8. The Kier molecular flexibility index (Phi) is 4.39. The topological polar surface area (TPSA) is 60.2 Å². The molecule has 1 N–H and O–H groups in total. The van der Waals surface area contributed by atoms with E-state index in [1.165, 1.54) is 11.1 Å². The molecule has 5 nitrogen and oxygen atoms in total. The van der Waals surface area contributed by atoms with Gasteiger partial charge in [-0.15, -0.1) is 5.10 Å². The molecular weight excluding hydrogens is 290 g/mol. The lowest BCUT2D eigenvalue weighted by molar-refractivity contribution is 0.263. The van der Waals surface area contributed by atoms with Gasteiger partial charge in [0.05, 0.1) is 12.3 Å². The fourth-order valence-corrected chi connectivity index (χ4v) is 2.28. The number of hydrogen-bond acceptors (Lipinski definition) is 4. The third-order valence-electron chi connectivity index (χ3n) is 3.67. The molecule has 0 amide bonds. The lowest BCUT2D eigenvalue weighted by Gasteiger charge is -2.10. The van der Waals surface area contributed by atoms with Crippen LogP contribution in [0.15, 0.2) is 48.5 Å². The van der Waals surface area contributed by atoms with Crippen molar-refractivity contribution in [3.05, 3.63) is 71.0 Å². The molecule has 0 atom stereocenters. The maximum absolute atomic E-state index is 9.48. The van der Waals surface area contributed by atoms with Gasteiger partial charge in [0, 0.05) is 0 Å². The van der Waals surface area contributed by atoms with E-state index in [0.717, 1.165) is 17.1 Å². The molecule has 2 aromatic carbocycles. The van der Waals surface area contributed by atoms with Crippen molar-refractivity contribution in [3.8, 4) is 11.4 Å². The first-order chi connectivity index (χ1) is 11.2. The van der Waals surface area contributed by atoms with E-state index in [0.29, 0.717) is 12.3 Å². The summed E-state index contributed by atoms with van der Waals surface area (Å²) < 4.78 is 7.53. The Bertz CT molecular complexity index is 777. The Morgan fingerprint density at radius 1 is 0.957 bits per heavy atom. The molecule has 1 heterocycles. The largest absolute Gasteiger partial charge is 0.487 e. The van der Waals surface area contributed by atoms with Crippen LogP contribution in [0.5, 0.6) is 5.75 Å². The molecule has 0 aliphatic rings. The minimum atomic E-state index is -0.168. The highest BCUT2D eigenvalue weighted by atomic mass is 16.5. The number of hydrogen-bond donors (Lipinski definition) is 1. The minimum absolute atomic E-state index is 0.168. The monoisotopic (exact) mass is 309 g/mol. The van der Waals surface area contributed by atoms with Crippen molar-refractivity contribution in [2.24, 2.45) is 0 Å². The molecule has 0 saturated heterocycles. The highest BCUT2D eigenvalue weighted by molar-refractivity contribution is 5.36. The number of nitrogens with zero attached hydrogens (tertiary/aromatic N) is 3. The molecule has 0 saturated carbocycles. The molecule has 0 bridgehead atoms. The molecule has 0 aliphatic carbocycles. The first-order valence-electron chi connectivity index (χ1n) is 7.48. The number of aromatic nitrogens is 3. The second kappa shape index (κ2) is 6.62. The average molecular weight is 309 g/mol. The second-order valence-electron chi connectivity index (χ2n) is 5.49. The molecule has 3 rings (SSSR count). The predicted octanol–water partition coefficient (Wildman–Crippen LogP) is 2.96. The Balaban J connectivity index is 1.86. The van der Waals surface area contributed by atoms with E-state index >= 15 is 0 Å². The lowest BCUT2D eigenvalue weighted by Crippen LogP contribution is -2.07. The Labute approximate surface area is 135 Å². The minimum Gasteiger partial charge on any atom is -0.487 e. The van der Waals surface area contributed by atoms with Gasteiger partial charge in [0.1, 0.15) is 23.7 Å². The molecule has 0 radical (unpaired) electrons. The Hall–Kier alpha value is -2.66. The maximum Gasteiger partial charge on any atom is 0.132 e. The van der Waals surface area contributed by atoms with Crippen molar-refractivity contribution >= 4 is 0 Å². The normalized spacial score (nSPS) is 10.7. The predicted molar refractivity (Wildman–Crippen MR) is 87.5 cm³/mol. The van der Waals surface area contributed by atoms with E-state index < -0.39 is 0 Å². The molecule has 23 heavy (non-hydrogen) atoms. The molecule has 5 heteroatoms. The van der Waals surface area contributed by atoms with Gasteiger partial charge in [0.25, 0.3) is 0 Å². The average Bonchev–Trinajstić information content (AvgIpc) is 2.98. The number of ether oxygens (including phenoxy) is 1. The summed E-state index contributed by atoms with van der Waals surface area (Å²) in [4.78, 5) is 0. The van der Waals surface area contributed by atoms with Gasteiger partial charge in [-0.1, -0.05) is 40.6 Å². The molecule has 118 valence electrons. The van der Waals surface area contributed by atoms with Crippen LogP contribution in [0.1, 0.15) is 22.5 Å². The van der Waals surface area contributed by atoms with Crippen molar-refractivity contribution in [2.75, 3.05) is 0 Å². The number of aliphatic hydroxyl groups excluding tert-OH is 1. The van der Waals surface area contributed by atoms with Crippen molar-refractivity contribution in [2.45, 2.75) is 27.1 Å². The van der Waals surface area contributed by atoms with Gasteiger partial charge in [-0.2, -0.15) is 0 Å². The first-order valence-corrected chi connectivity index (χ1v) is 7.48. The number of benzene rings is 2. The van der Waals surface area contributed by atoms with Gasteiger partial charge in [-0.25, -0.2) is 4.68 Å². The van der Waals surface area contributed by atoms with Crippen molar-refractivity contribution < 1.29 is 9.84 Å². The van der Waals surface area contributed by atoms with Crippen LogP contribution in [-0.2, 0) is 13.2 Å². The van der Waals surface area contributed by atoms with E-state index in [9.17, 15) is 5.11 Å². The van der Waals surface area contributed by atoms with Crippen molar-refractivity contribution in [3.63, 3.8) is 0 Å². The summed E-state index contributed by atoms with van der Waals surface area (Å²) in [5.74, 6) is 0.774. The summed E-state index contributed by atoms with van der Waals surface area (Å²) >= 11 is 0. The fraction of sp³-hybridized carbons (Fsp3) is 0.222. The third-order valence-corrected chi connectivity index (χ3v) is 3.67. The SMILES string of the molecule is Cc1ccc(OCc2c(CO)nnn2-c2ccc(C)cc2)cc1. The smallest absolute Gasteiger partial charge is 0.132 e. The van der Waals surface area contributed by atoms with E-state index in [2.05, 4.69) is 10.3 Å². The number of aliphatic hydroxyl groups is 1. The van der Waals surface area contributed by atoms with Gasteiger partial charge < -0.3 is 9.84 Å². The zero-order chi connectivity index (χ0) is 16.2. The molecule has 0 unspecified atom stereocenters. The van der Waals surface area contributed by atoms with E-state index in [4.69, 9.17) is 4.74 Å². The molecule has 3 aromatic rings. The Morgan fingerprint density at radius 3 is 2.17 bits per heavy atom. The van der Waals surface area contributed by atoms with Crippen molar-refractivity contribution in [1.82, 2.24) is 15.0 Å². The zero-order valence-corrected chi connectivity index (χ0v) is 13.2. The highest BCUT2D eigenvalue weighted by Gasteiger charge is 2.14. The second-order valence-corrected chi connectivity index (χ2v) is 5.49. The Morgan fingerprint density at radius 2 is 1.57 bits per heavy atom. The highest BCUT2D eigenvalue weighted by Crippen LogP contribution is 2.18.